The minimum absolute atomic E-state index is 0.154. The summed E-state index contributed by atoms with van der Waals surface area (Å²) in [6, 6.07) is 4.69. The van der Waals surface area contributed by atoms with Crippen molar-refractivity contribution in [2.24, 2.45) is 5.73 Å². The number of aromatic nitrogens is 2. The second-order valence-electron chi connectivity index (χ2n) is 4.38. The molecule has 0 unspecified atom stereocenters. The summed E-state index contributed by atoms with van der Waals surface area (Å²) < 4.78 is 21.1. The molecular weight excluding hydrogens is 281 g/mol. The van der Waals surface area contributed by atoms with E-state index in [2.05, 4.69) is 5.10 Å². The van der Waals surface area contributed by atoms with Crippen LogP contribution in [0.1, 0.15) is 23.9 Å². The van der Waals surface area contributed by atoms with E-state index >= 15 is 0 Å². The first kappa shape index (κ1) is 14.8. The summed E-state index contributed by atoms with van der Waals surface area (Å²) in [5, 5.41) is 4.85. The lowest BCUT2D eigenvalue weighted by molar-refractivity contribution is 0.275. The van der Waals surface area contributed by atoms with Gasteiger partial charge in [0.2, 0.25) is 0 Å². The van der Waals surface area contributed by atoms with E-state index in [9.17, 15) is 4.39 Å². The number of hydrogen-bond acceptors (Lipinski definition) is 3. The maximum Gasteiger partial charge on any atom is 0.165 e. The van der Waals surface area contributed by atoms with Crippen LogP contribution in [0.4, 0.5) is 4.39 Å². The smallest absolute Gasteiger partial charge is 0.165 e. The van der Waals surface area contributed by atoms with Gasteiger partial charge in [-0.05, 0) is 19.9 Å². The highest BCUT2D eigenvalue weighted by Crippen LogP contribution is 2.26. The van der Waals surface area contributed by atoms with Gasteiger partial charge in [-0.15, -0.1) is 0 Å². The van der Waals surface area contributed by atoms with Crippen LogP contribution >= 0.6 is 11.6 Å². The van der Waals surface area contributed by atoms with Crippen LogP contribution in [0, 0.1) is 12.7 Å². The molecule has 108 valence electrons. The number of aryl methyl sites for hydroxylation is 2. The summed E-state index contributed by atoms with van der Waals surface area (Å²) in [7, 11) is 0. The van der Waals surface area contributed by atoms with Crippen molar-refractivity contribution in [1.29, 1.82) is 0 Å². The first-order valence-electron chi connectivity index (χ1n) is 6.40. The van der Waals surface area contributed by atoms with Crippen molar-refractivity contribution < 1.29 is 9.13 Å². The summed E-state index contributed by atoms with van der Waals surface area (Å²) in [5.41, 5.74) is 7.68. The first-order chi connectivity index (χ1) is 9.58. The summed E-state index contributed by atoms with van der Waals surface area (Å²) >= 11 is 6.19. The Morgan fingerprint density at radius 3 is 2.85 bits per heavy atom. The van der Waals surface area contributed by atoms with Crippen LogP contribution in [0.15, 0.2) is 18.2 Å². The second-order valence-corrected chi connectivity index (χ2v) is 4.76. The van der Waals surface area contributed by atoms with Gasteiger partial charge in [0.15, 0.2) is 11.6 Å². The van der Waals surface area contributed by atoms with E-state index in [1.807, 2.05) is 13.8 Å². The molecule has 0 aliphatic rings. The van der Waals surface area contributed by atoms with E-state index < -0.39 is 5.82 Å². The van der Waals surface area contributed by atoms with E-state index in [0.29, 0.717) is 17.1 Å². The molecule has 2 aromatic rings. The zero-order valence-corrected chi connectivity index (χ0v) is 12.2. The summed E-state index contributed by atoms with van der Waals surface area (Å²) in [6.07, 6.45) is 0. The monoisotopic (exact) mass is 297 g/mol. The molecular formula is C14H17ClFN3O. The molecule has 0 amide bonds. The highest BCUT2D eigenvalue weighted by molar-refractivity contribution is 6.31. The first-order valence-corrected chi connectivity index (χ1v) is 6.78. The maximum absolute atomic E-state index is 13.8. The molecule has 1 heterocycles. The number of nitrogens with zero attached hydrogens (tertiary/aromatic N) is 2. The van der Waals surface area contributed by atoms with E-state index in [1.54, 1.807) is 16.8 Å². The summed E-state index contributed by atoms with van der Waals surface area (Å²) in [4.78, 5) is 0. The molecule has 0 saturated heterocycles. The van der Waals surface area contributed by atoms with Crippen LogP contribution in [-0.2, 0) is 19.7 Å². The third-order valence-electron chi connectivity index (χ3n) is 3.07. The van der Waals surface area contributed by atoms with Crippen LogP contribution in [0.5, 0.6) is 5.75 Å². The largest absolute Gasteiger partial charge is 0.484 e. The Hall–Kier alpha value is -1.59. The number of nitrogens with two attached hydrogens (primary N) is 1. The minimum Gasteiger partial charge on any atom is -0.484 e. The maximum atomic E-state index is 13.8. The quantitative estimate of drug-likeness (QED) is 0.923. The van der Waals surface area contributed by atoms with Gasteiger partial charge in [-0.3, -0.25) is 4.68 Å². The SMILES string of the molecule is CCn1nc(C)c(Cl)c1COc1c(F)cccc1CN. The predicted octanol–water partition coefficient (Wildman–Crippen LogP) is 3.04. The number of benzene rings is 1. The normalized spacial score (nSPS) is 10.8. The van der Waals surface area contributed by atoms with Gasteiger partial charge in [0.25, 0.3) is 0 Å². The Kier molecular flexibility index (Phi) is 4.62. The van der Waals surface area contributed by atoms with Crippen molar-refractivity contribution in [2.75, 3.05) is 0 Å². The van der Waals surface area contributed by atoms with Crippen molar-refractivity contribution in [1.82, 2.24) is 9.78 Å². The van der Waals surface area contributed by atoms with E-state index in [-0.39, 0.29) is 18.9 Å². The molecule has 4 nitrogen and oxygen atoms in total. The molecule has 0 saturated carbocycles. The molecule has 0 aliphatic heterocycles. The van der Waals surface area contributed by atoms with Crippen molar-refractivity contribution in [3.05, 3.63) is 46.0 Å². The average Bonchev–Trinajstić information content (AvgIpc) is 2.72. The van der Waals surface area contributed by atoms with Crippen molar-refractivity contribution >= 4 is 11.6 Å². The zero-order chi connectivity index (χ0) is 14.7. The molecule has 1 aromatic carbocycles. The van der Waals surface area contributed by atoms with Gasteiger partial charge in [-0.2, -0.15) is 5.10 Å². The minimum atomic E-state index is -0.427. The molecule has 2 N–H and O–H groups in total. The Balaban J connectivity index is 2.25. The van der Waals surface area contributed by atoms with E-state index in [4.69, 9.17) is 22.1 Å². The predicted molar refractivity (Wildman–Crippen MR) is 76.3 cm³/mol. The van der Waals surface area contributed by atoms with Gasteiger partial charge in [0.05, 0.1) is 16.4 Å². The topological polar surface area (TPSA) is 53.1 Å². The van der Waals surface area contributed by atoms with Crippen molar-refractivity contribution in [2.45, 2.75) is 33.5 Å². The Labute approximate surface area is 122 Å². The lowest BCUT2D eigenvalue weighted by atomic mass is 10.2. The molecule has 0 atom stereocenters. The lowest BCUT2D eigenvalue weighted by Crippen LogP contribution is -2.09. The molecule has 2 rings (SSSR count). The Morgan fingerprint density at radius 1 is 1.45 bits per heavy atom. The fourth-order valence-electron chi connectivity index (χ4n) is 2.02. The fourth-order valence-corrected chi connectivity index (χ4v) is 2.21. The summed E-state index contributed by atoms with van der Waals surface area (Å²) in [5.74, 6) is -0.254. The molecule has 20 heavy (non-hydrogen) atoms. The third-order valence-corrected chi connectivity index (χ3v) is 3.57. The van der Waals surface area contributed by atoms with Crippen molar-refractivity contribution in [3.8, 4) is 5.75 Å². The van der Waals surface area contributed by atoms with E-state index in [1.165, 1.54) is 6.07 Å². The van der Waals surface area contributed by atoms with Crippen LogP contribution in [0.2, 0.25) is 5.02 Å². The van der Waals surface area contributed by atoms with Gasteiger partial charge in [0.1, 0.15) is 6.61 Å². The molecule has 0 fully saturated rings. The summed E-state index contributed by atoms with van der Waals surface area (Å²) in [6.45, 7) is 4.83. The van der Waals surface area contributed by atoms with E-state index in [0.717, 1.165) is 11.4 Å². The van der Waals surface area contributed by atoms with Gasteiger partial charge in [0, 0.05) is 18.7 Å². The fraction of sp³-hybridized carbons (Fsp3) is 0.357. The number of hydrogen-bond donors (Lipinski definition) is 1. The molecule has 1 aromatic heterocycles. The number of halogens is 2. The molecule has 0 radical (unpaired) electrons. The Bertz CT molecular complexity index is 613. The molecule has 0 aliphatic carbocycles. The van der Waals surface area contributed by atoms with Gasteiger partial charge < -0.3 is 10.5 Å². The highest BCUT2D eigenvalue weighted by Gasteiger charge is 2.15. The number of ether oxygens (including phenoxy) is 1. The van der Waals surface area contributed by atoms with Crippen LogP contribution in [0.25, 0.3) is 0 Å². The Morgan fingerprint density at radius 2 is 2.20 bits per heavy atom. The highest BCUT2D eigenvalue weighted by atomic mass is 35.5. The molecule has 6 heteroatoms. The zero-order valence-electron chi connectivity index (χ0n) is 11.5. The van der Waals surface area contributed by atoms with Crippen LogP contribution in [-0.4, -0.2) is 9.78 Å². The second kappa shape index (κ2) is 6.24. The van der Waals surface area contributed by atoms with Crippen LogP contribution in [0.3, 0.4) is 0 Å². The van der Waals surface area contributed by atoms with Gasteiger partial charge >= 0.3 is 0 Å². The number of para-hydroxylation sites is 1. The molecule has 0 spiro atoms. The van der Waals surface area contributed by atoms with Crippen LogP contribution < -0.4 is 10.5 Å². The van der Waals surface area contributed by atoms with Gasteiger partial charge in [-0.1, -0.05) is 23.7 Å². The number of rotatable bonds is 5. The third kappa shape index (κ3) is 2.78. The lowest BCUT2D eigenvalue weighted by Gasteiger charge is -2.12. The average molecular weight is 298 g/mol. The standard InChI is InChI=1S/C14H17ClFN3O/c1-3-19-12(13(15)9(2)18-19)8-20-14-10(7-17)5-4-6-11(14)16/h4-6H,3,7-8,17H2,1-2H3. The van der Waals surface area contributed by atoms with Gasteiger partial charge in [-0.25, -0.2) is 4.39 Å². The van der Waals surface area contributed by atoms with Crippen molar-refractivity contribution in [3.63, 3.8) is 0 Å². The molecule has 0 bridgehead atoms.